The molecule has 0 N–H and O–H groups in total. The van der Waals surface area contributed by atoms with Gasteiger partial charge in [-0.15, -0.1) is 0 Å². The molecule has 0 spiro atoms. The van der Waals surface area contributed by atoms with Crippen molar-refractivity contribution in [2.45, 2.75) is 13.8 Å². The van der Waals surface area contributed by atoms with Crippen LogP contribution in [-0.2, 0) is 9.84 Å². The summed E-state index contributed by atoms with van der Waals surface area (Å²) in [6.45, 7) is 3.76. The molecule has 3 heteroatoms. The van der Waals surface area contributed by atoms with E-state index in [9.17, 15) is 8.42 Å². The highest BCUT2D eigenvalue weighted by Gasteiger charge is 1.95. The van der Waals surface area contributed by atoms with Gasteiger partial charge in [0, 0.05) is 6.26 Å². The maximum atomic E-state index is 10.5. The Bertz CT molecular complexity index is 195. The van der Waals surface area contributed by atoms with Crippen LogP contribution in [0.3, 0.4) is 0 Å². The third-order valence-electron chi connectivity index (χ3n) is 0.794. The summed E-state index contributed by atoms with van der Waals surface area (Å²) >= 11 is 0. The Hall–Kier alpha value is -0.310. The lowest BCUT2D eigenvalue weighted by molar-refractivity contribution is 0.604. The van der Waals surface area contributed by atoms with Gasteiger partial charge in [0.05, 0.1) is 5.75 Å². The predicted molar refractivity (Wildman–Crippen MR) is 39.1 cm³/mol. The van der Waals surface area contributed by atoms with Crippen molar-refractivity contribution in [2.75, 3.05) is 12.0 Å². The fourth-order valence-electron chi connectivity index (χ4n) is 0.318. The average molecular weight is 148 g/mol. The van der Waals surface area contributed by atoms with Crippen molar-refractivity contribution < 1.29 is 8.42 Å². The second-order valence-electron chi connectivity index (χ2n) is 2.37. The molecule has 9 heavy (non-hydrogen) atoms. The van der Waals surface area contributed by atoms with Crippen molar-refractivity contribution in [1.29, 1.82) is 0 Å². The van der Waals surface area contributed by atoms with E-state index in [1.807, 2.05) is 13.8 Å². The molecule has 0 atom stereocenters. The largest absolute Gasteiger partial charge is 0.229 e. The van der Waals surface area contributed by atoms with Gasteiger partial charge in [0.1, 0.15) is 0 Å². The number of sulfone groups is 1. The van der Waals surface area contributed by atoms with Gasteiger partial charge >= 0.3 is 0 Å². The molecule has 0 aromatic carbocycles. The summed E-state index contributed by atoms with van der Waals surface area (Å²) in [5, 5.41) is 0. The van der Waals surface area contributed by atoms with Crippen molar-refractivity contribution in [2.24, 2.45) is 0 Å². The highest BCUT2D eigenvalue weighted by Crippen LogP contribution is 1.91. The van der Waals surface area contributed by atoms with Gasteiger partial charge in [-0.05, 0) is 13.8 Å². The highest BCUT2D eigenvalue weighted by atomic mass is 32.2. The lowest BCUT2D eigenvalue weighted by atomic mass is 10.3. The molecule has 0 saturated heterocycles. The quantitative estimate of drug-likeness (QED) is 0.547. The van der Waals surface area contributed by atoms with Crippen molar-refractivity contribution in [3.8, 4) is 0 Å². The van der Waals surface area contributed by atoms with Gasteiger partial charge in [-0.2, -0.15) is 0 Å². The molecule has 54 valence electrons. The summed E-state index contributed by atoms with van der Waals surface area (Å²) in [6.07, 6.45) is 2.93. The van der Waals surface area contributed by atoms with Crippen LogP contribution in [0.5, 0.6) is 0 Å². The molecule has 0 aromatic heterocycles. The molecule has 0 unspecified atom stereocenters. The van der Waals surface area contributed by atoms with Gasteiger partial charge in [-0.3, -0.25) is 0 Å². The van der Waals surface area contributed by atoms with E-state index >= 15 is 0 Å². The zero-order valence-corrected chi connectivity index (χ0v) is 6.83. The Balaban J connectivity index is 3.95. The number of allylic oxidation sites excluding steroid dienone is 1. The topological polar surface area (TPSA) is 34.1 Å². The minimum atomic E-state index is -2.80. The average Bonchev–Trinajstić information content (AvgIpc) is 1.59. The summed E-state index contributed by atoms with van der Waals surface area (Å²) in [4.78, 5) is 0. The van der Waals surface area contributed by atoms with Crippen molar-refractivity contribution >= 4 is 9.84 Å². The van der Waals surface area contributed by atoms with E-state index in [4.69, 9.17) is 0 Å². The smallest absolute Gasteiger partial charge is 0.151 e. The minimum absolute atomic E-state index is 0.162. The third kappa shape index (κ3) is 7.69. The lowest BCUT2D eigenvalue weighted by Crippen LogP contribution is -1.99. The SMILES string of the molecule is CC(C)=CCS(C)(=O)=O. The molecule has 0 fully saturated rings. The Morgan fingerprint density at radius 2 is 1.89 bits per heavy atom. The van der Waals surface area contributed by atoms with Crippen molar-refractivity contribution in [1.82, 2.24) is 0 Å². The minimum Gasteiger partial charge on any atom is -0.229 e. The van der Waals surface area contributed by atoms with Crippen molar-refractivity contribution in [3.63, 3.8) is 0 Å². The van der Waals surface area contributed by atoms with E-state index in [1.165, 1.54) is 6.26 Å². The first-order chi connectivity index (χ1) is 3.92. The zero-order chi connectivity index (χ0) is 7.49. The van der Waals surface area contributed by atoms with Gasteiger partial charge in [-0.1, -0.05) is 11.6 Å². The van der Waals surface area contributed by atoms with E-state index < -0.39 is 9.84 Å². The molecule has 0 rings (SSSR count). The van der Waals surface area contributed by atoms with Gasteiger partial charge in [0.15, 0.2) is 9.84 Å². The van der Waals surface area contributed by atoms with E-state index in [-0.39, 0.29) is 5.75 Å². The molecule has 0 aliphatic rings. The predicted octanol–water partition coefficient (Wildman–Crippen LogP) is 0.997. The summed E-state index contributed by atoms with van der Waals surface area (Å²) in [7, 11) is -2.80. The van der Waals surface area contributed by atoms with Gasteiger partial charge in [-0.25, -0.2) is 8.42 Å². The first-order valence-electron chi connectivity index (χ1n) is 2.73. The molecule has 0 heterocycles. The van der Waals surface area contributed by atoms with Crippen LogP contribution in [-0.4, -0.2) is 20.4 Å². The Kier molecular flexibility index (Phi) is 2.91. The molecular formula is C6H12O2S. The van der Waals surface area contributed by atoms with Gasteiger partial charge < -0.3 is 0 Å². The standard InChI is InChI=1S/C6H12O2S/c1-6(2)4-5-9(3,7)8/h4H,5H2,1-3H3. The van der Waals surface area contributed by atoms with Crippen LogP contribution < -0.4 is 0 Å². The third-order valence-corrected chi connectivity index (χ3v) is 1.57. The Morgan fingerprint density at radius 3 is 2.00 bits per heavy atom. The van der Waals surface area contributed by atoms with Crippen molar-refractivity contribution in [3.05, 3.63) is 11.6 Å². The molecule has 0 amide bonds. The number of hydrogen-bond donors (Lipinski definition) is 0. The summed E-state index contributed by atoms with van der Waals surface area (Å²) < 4.78 is 21.0. The summed E-state index contributed by atoms with van der Waals surface area (Å²) in [5.41, 5.74) is 1.04. The van der Waals surface area contributed by atoms with Crippen LogP contribution in [0.4, 0.5) is 0 Å². The van der Waals surface area contributed by atoms with Crippen LogP contribution >= 0.6 is 0 Å². The van der Waals surface area contributed by atoms with Crippen LogP contribution in [0.2, 0.25) is 0 Å². The molecule has 0 radical (unpaired) electrons. The highest BCUT2D eigenvalue weighted by molar-refractivity contribution is 7.90. The van der Waals surface area contributed by atoms with Crippen LogP contribution in [0.15, 0.2) is 11.6 Å². The Labute approximate surface area is 56.5 Å². The summed E-state index contributed by atoms with van der Waals surface area (Å²) in [6, 6.07) is 0. The second kappa shape index (κ2) is 3.01. The zero-order valence-electron chi connectivity index (χ0n) is 6.01. The number of hydrogen-bond acceptors (Lipinski definition) is 2. The van der Waals surface area contributed by atoms with Crippen LogP contribution in [0.1, 0.15) is 13.8 Å². The molecule has 0 aromatic rings. The first kappa shape index (κ1) is 8.69. The van der Waals surface area contributed by atoms with E-state index in [2.05, 4.69) is 0 Å². The van der Waals surface area contributed by atoms with Crippen LogP contribution in [0.25, 0.3) is 0 Å². The first-order valence-corrected chi connectivity index (χ1v) is 4.79. The molecule has 0 aliphatic heterocycles. The van der Waals surface area contributed by atoms with Gasteiger partial charge in [0.2, 0.25) is 0 Å². The van der Waals surface area contributed by atoms with Gasteiger partial charge in [0.25, 0.3) is 0 Å². The molecule has 0 bridgehead atoms. The van der Waals surface area contributed by atoms with E-state index in [1.54, 1.807) is 6.08 Å². The Morgan fingerprint density at radius 1 is 1.44 bits per heavy atom. The summed E-state index contributed by atoms with van der Waals surface area (Å²) in [5.74, 6) is 0.162. The van der Waals surface area contributed by atoms with E-state index in [0.29, 0.717) is 0 Å². The fraction of sp³-hybridized carbons (Fsp3) is 0.667. The second-order valence-corrected chi connectivity index (χ2v) is 4.56. The molecular weight excluding hydrogens is 136 g/mol. The molecule has 0 saturated carbocycles. The maximum absolute atomic E-state index is 10.5. The fourth-order valence-corrected chi connectivity index (χ4v) is 0.954. The van der Waals surface area contributed by atoms with E-state index in [0.717, 1.165) is 5.57 Å². The normalized spacial score (nSPS) is 11.0. The monoisotopic (exact) mass is 148 g/mol. The molecule has 0 aliphatic carbocycles. The lowest BCUT2D eigenvalue weighted by Gasteiger charge is -1.89. The molecule has 2 nitrogen and oxygen atoms in total. The number of rotatable bonds is 2. The van der Waals surface area contributed by atoms with Crippen LogP contribution in [0, 0.1) is 0 Å². The maximum Gasteiger partial charge on any atom is 0.151 e.